The summed E-state index contributed by atoms with van der Waals surface area (Å²) in [6, 6.07) is -0.945. The van der Waals surface area contributed by atoms with Crippen molar-refractivity contribution in [1.82, 2.24) is 10.6 Å². The molecule has 0 saturated heterocycles. The van der Waals surface area contributed by atoms with Crippen molar-refractivity contribution in [2.45, 2.75) is 90.8 Å². The zero-order valence-corrected chi connectivity index (χ0v) is 23.1. The van der Waals surface area contributed by atoms with E-state index in [9.17, 15) is 9.59 Å². The first-order valence-corrected chi connectivity index (χ1v) is 16.2. The van der Waals surface area contributed by atoms with Crippen molar-refractivity contribution < 1.29 is 23.2 Å². The molecule has 0 rings (SSSR count). The van der Waals surface area contributed by atoms with Crippen molar-refractivity contribution in [1.29, 1.82) is 0 Å². The van der Waals surface area contributed by atoms with Crippen LogP contribution in [0.3, 0.4) is 0 Å². The summed E-state index contributed by atoms with van der Waals surface area (Å²) in [6.45, 7) is 23.9. The number of urea groups is 1. The molecule has 0 aliphatic carbocycles. The van der Waals surface area contributed by atoms with E-state index in [1.807, 2.05) is 0 Å². The molecule has 7 nitrogen and oxygen atoms in total. The Morgan fingerprint density at radius 1 is 0.900 bits per heavy atom. The predicted molar refractivity (Wildman–Crippen MR) is 128 cm³/mol. The summed E-state index contributed by atoms with van der Waals surface area (Å²) in [6.07, 6.45) is 1.29. The monoisotopic (exact) mass is 460 g/mol. The van der Waals surface area contributed by atoms with E-state index in [1.54, 1.807) is 6.92 Å². The standard InChI is InChI=1S/C21H44N2O5Si2/c1-16(13-26-8)18(24)23-19(25)22-17(14-27-29(9,10)20(2,3)4)15-28-30(11,12)21(5,6)7/h13,17H,14-15H2,1-12H3,(H2,22,23,24,25)/b16-13+. The minimum atomic E-state index is -2.00. The van der Waals surface area contributed by atoms with Crippen LogP contribution in [0.2, 0.25) is 36.3 Å². The number of amides is 3. The molecule has 0 aromatic carbocycles. The third-order valence-electron chi connectivity index (χ3n) is 6.12. The summed E-state index contributed by atoms with van der Waals surface area (Å²) in [4.78, 5) is 24.5. The minimum absolute atomic E-state index is 0.0537. The van der Waals surface area contributed by atoms with E-state index in [4.69, 9.17) is 13.6 Å². The van der Waals surface area contributed by atoms with Crippen LogP contribution in [0.1, 0.15) is 48.5 Å². The normalized spacial score (nSPS) is 14.0. The van der Waals surface area contributed by atoms with Gasteiger partial charge < -0.3 is 18.9 Å². The Morgan fingerprint density at radius 3 is 1.63 bits per heavy atom. The Balaban J connectivity index is 5.26. The third kappa shape index (κ3) is 9.32. The average Bonchev–Trinajstić information content (AvgIpc) is 2.55. The van der Waals surface area contributed by atoms with Gasteiger partial charge in [-0.25, -0.2) is 4.79 Å². The lowest BCUT2D eigenvalue weighted by molar-refractivity contribution is -0.116. The van der Waals surface area contributed by atoms with Crippen LogP contribution in [-0.2, 0) is 18.4 Å². The Labute approximate surface area is 185 Å². The molecular weight excluding hydrogens is 416 g/mol. The number of nitrogens with one attached hydrogen (secondary N) is 2. The summed E-state index contributed by atoms with van der Waals surface area (Å²) in [5.74, 6) is -0.510. The van der Waals surface area contributed by atoms with Crippen LogP contribution in [0.25, 0.3) is 0 Å². The molecule has 0 spiro atoms. The summed E-state index contributed by atoms with van der Waals surface area (Å²) in [7, 11) is -2.55. The lowest BCUT2D eigenvalue weighted by atomic mass is 10.2. The number of hydrogen-bond donors (Lipinski definition) is 2. The molecular formula is C21H44N2O5Si2. The summed E-state index contributed by atoms with van der Waals surface area (Å²) < 4.78 is 17.4. The minimum Gasteiger partial charge on any atom is -0.504 e. The fourth-order valence-electron chi connectivity index (χ4n) is 1.84. The Kier molecular flexibility index (Phi) is 10.5. The van der Waals surface area contributed by atoms with Crippen molar-refractivity contribution in [3.63, 3.8) is 0 Å². The molecule has 0 unspecified atom stereocenters. The van der Waals surface area contributed by atoms with Crippen LogP contribution in [0.5, 0.6) is 0 Å². The highest BCUT2D eigenvalue weighted by Gasteiger charge is 2.39. The van der Waals surface area contributed by atoms with Gasteiger partial charge in [-0.2, -0.15) is 0 Å². The molecule has 3 amide bonds. The van der Waals surface area contributed by atoms with E-state index in [1.165, 1.54) is 13.4 Å². The number of carbonyl (C=O) groups is 2. The van der Waals surface area contributed by atoms with Crippen molar-refractivity contribution >= 4 is 28.6 Å². The smallest absolute Gasteiger partial charge is 0.322 e. The Hall–Kier alpha value is -1.17. The molecule has 2 N–H and O–H groups in total. The second kappa shape index (κ2) is 10.9. The van der Waals surface area contributed by atoms with Crippen LogP contribution in [0.4, 0.5) is 4.79 Å². The number of imide groups is 1. The third-order valence-corrected chi connectivity index (χ3v) is 15.1. The number of hydrogen-bond acceptors (Lipinski definition) is 5. The lowest BCUT2D eigenvalue weighted by Crippen LogP contribution is -2.53. The van der Waals surface area contributed by atoms with Crippen molar-refractivity contribution in [3.8, 4) is 0 Å². The molecule has 0 bridgehead atoms. The van der Waals surface area contributed by atoms with E-state index >= 15 is 0 Å². The number of carbonyl (C=O) groups excluding carboxylic acids is 2. The summed E-state index contributed by atoms with van der Waals surface area (Å²) in [5.41, 5.74) is 0.305. The lowest BCUT2D eigenvalue weighted by Gasteiger charge is -2.39. The number of rotatable bonds is 9. The maximum atomic E-state index is 12.4. The molecule has 0 radical (unpaired) electrons. The van der Waals surface area contributed by atoms with Crippen LogP contribution in [0, 0.1) is 0 Å². The van der Waals surface area contributed by atoms with Gasteiger partial charge in [0.05, 0.1) is 32.6 Å². The van der Waals surface area contributed by atoms with Gasteiger partial charge in [-0.15, -0.1) is 0 Å². The van der Waals surface area contributed by atoms with Gasteiger partial charge in [-0.05, 0) is 43.2 Å². The maximum Gasteiger partial charge on any atom is 0.322 e. The van der Waals surface area contributed by atoms with Crippen molar-refractivity contribution in [3.05, 3.63) is 11.8 Å². The largest absolute Gasteiger partial charge is 0.504 e. The quantitative estimate of drug-likeness (QED) is 0.294. The molecule has 176 valence electrons. The van der Waals surface area contributed by atoms with Gasteiger partial charge in [0, 0.05) is 5.57 Å². The van der Waals surface area contributed by atoms with Gasteiger partial charge in [-0.3, -0.25) is 10.1 Å². The number of methoxy groups -OCH3 is 1. The highest BCUT2D eigenvalue weighted by atomic mass is 28.4. The summed E-state index contributed by atoms with van der Waals surface area (Å²) >= 11 is 0. The predicted octanol–water partition coefficient (Wildman–Crippen LogP) is 4.77. The maximum absolute atomic E-state index is 12.4. The molecule has 0 saturated carbocycles. The second-order valence-electron chi connectivity index (χ2n) is 10.8. The molecule has 0 aromatic heterocycles. The Bertz CT molecular complexity index is 590. The average molecular weight is 461 g/mol. The molecule has 30 heavy (non-hydrogen) atoms. The molecule has 0 fully saturated rings. The zero-order valence-electron chi connectivity index (χ0n) is 21.1. The fourth-order valence-corrected chi connectivity index (χ4v) is 3.94. The first-order chi connectivity index (χ1) is 13.3. The van der Waals surface area contributed by atoms with E-state index < -0.39 is 28.6 Å². The first-order valence-electron chi connectivity index (χ1n) is 10.4. The molecule has 0 atom stereocenters. The van der Waals surface area contributed by atoms with Gasteiger partial charge in [0.25, 0.3) is 5.91 Å². The van der Waals surface area contributed by atoms with Crippen molar-refractivity contribution in [2.24, 2.45) is 0 Å². The van der Waals surface area contributed by atoms with Crippen LogP contribution >= 0.6 is 0 Å². The van der Waals surface area contributed by atoms with Gasteiger partial charge in [0.1, 0.15) is 0 Å². The van der Waals surface area contributed by atoms with E-state index in [2.05, 4.69) is 78.4 Å². The molecule has 0 heterocycles. The highest BCUT2D eigenvalue weighted by molar-refractivity contribution is 6.74. The van der Waals surface area contributed by atoms with Gasteiger partial charge in [0.2, 0.25) is 0 Å². The number of ether oxygens (including phenoxy) is 1. The molecule has 0 aromatic rings. The van der Waals surface area contributed by atoms with Crippen LogP contribution in [0.15, 0.2) is 11.8 Å². The topological polar surface area (TPSA) is 85.9 Å². The van der Waals surface area contributed by atoms with Gasteiger partial charge in [0.15, 0.2) is 16.6 Å². The van der Waals surface area contributed by atoms with E-state index in [0.717, 1.165) is 0 Å². The SMILES string of the molecule is CO/C=C(\C)C(=O)NC(=O)NC(CO[Si](C)(C)C(C)(C)C)CO[Si](C)(C)C(C)(C)C. The zero-order chi connectivity index (χ0) is 24.0. The second-order valence-corrected chi connectivity index (χ2v) is 20.4. The van der Waals surface area contributed by atoms with Gasteiger partial charge >= 0.3 is 6.03 Å². The summed E-state index contributed by atoms with van der Waals surface area (Å²) in [5, 5.41) is 5.28. The fraction of sp³-hybridized carbons (Fsp3) is 0.810. The van der Waals surface area contributed by atoms with E-state index in [-0.39, 0.29) is 16.1 Å². The van der Waals surface area contributed by atoms with Crippen LogP contribution < -0.4 is 10.6 Å². The first kappa shape index (κ1) is 28.8. The van der Waals surface area contributed by atoms with E-state index in [0.29, 0.717) is 18.8 Å². The highest BCUT2D eigenvalue weighted by Crippen LogP contribution is 2.37. The molecule has 9 heteroatoms. The van der Waals surface area contributed by atoms with Crippen LogP contribution in [-0.4, -0.2) is 54.9 Å². The molecule has 0 aliphatic rings. The van der Waals surface area contributed by atoms with Crippen molar-refractivity contribution in [2.75, 3.05) is 20.3 Å². The Morgan fingerprint density at radius 2 is 1.30 bits per heavy atom. The molecule has 0 aliphatic heterocycles. The van der Waals surface area contributed by atoms with Gasteiger partial charge in [-0.1, -0.05) is 41.5 Å².